The average Bonchev–Trinajstić information content (AvgIpc) is 2.84. The molecule has 0 aliphatic heterocycles. The van der Waals surface area contributed by atoms with Gasteiger partial charge >= 0.3 is 0 Å². The summed E-state index contributed by atoms with van der Waals surface area (Å²) < 4.78 is 0. The maximum Gasteiger partial charge on any atom is 0.103 e. The molecule has 0 radical (unpaired) electrons. The van der Waals surface area contributed by atoms with Crippen molar-refractivity contribution < 1.29 is 0 Å². The van der Waals surface area contributed by atoms with Gasteiger partial charge in [0.1, 0.15) is 5.82 Å². The Morgan fingerprint density at radius 1 is 1.16 bits per heavy atom. The van der Waals surface area contributed by atoms with E-state index in [1.807, 2.05) is 25.4 Å². The standard InChI is InChI=1S/C15H16N4/c1-10-5-6-14(13-4-3-7-16-15(10)13)18-9-12-8-17-11(2)19-12/h3-8,18H,9H2,1-2H3,(H,17,19). The van der Waals surface area contributed by atoms with Crippen LogP contribution in [0.3, 0.4) is 0 Å². The lowest BCUT2D eigenvalue weighted by Gasteiger charge is -2.10. The Kier molecular flexibility index (Phi) is 2.91. The van der Waals surface area contributed by atoms with Gasteiger partial charge in [-0.25, -0.2) is 4.98 Å². The normalized spacial score (nSPS) is 10.8. The molecule has 3 aromatic rings. The highest BCUT2D eigenvalue weighted by Crippen LogP contribution is 2.24. The SMILES string of the molecule is Cc1ncc(CNc2ccc(C)c3ncccc23)[nH]1. The van der Waals surface area contributed by atoms with Gasteiger partial charge in [-0.1, -0.05) is 6.07 Å². The molecule has 0 aliphatic rings. The number of fused-ring (bicyclic) bond motifs is 1. The van der Waals surface area contributed by atoms with E-state index in [2.05, 4.69) is 45.4 Å². The summed E-state index contributed by atoms with van der Waals surface area (Å²) in [6.07, 6.45) is 3.69. The summed E-state index contributed by atoms with van der Waals surface area (Å²) >= 11 is 0. The van der Waals surface area contributed by atoms with Crippen LogP contribution in [0.25, 0.3) is 10.9 Å². The molecule has 0 atom stereocenters. The van der Waals surface area contributed by atoms with E-state index in [1.54, 1.807) is 0 Å². The van der Waals surface area contributed by atoms with Crippen LogP contribution in [0.15, 0.2) is 36.7 Å². The number of rotatable bonds is 3. The van der Waals surface area contributed by atoms with Crippen LogP contribution in [0.5, 0.6) is 0 Å². The van der Waals surface area contributed by atoms with E-state index in [0.29, 0.717) is 0 Å². The fourth-order valence-electron chi connectivity index (χ4n) is 2.22. The topological polar surface area (TPSA) is 53.6 Å². The molecule has 4 heteroatoms. The molecule has 0 bridgehead atoms. The molecule has 96 valence electrons. The third-order valence-electron chi connectivity index (χ3n) is 3.20. The van der Waals surface area contributed by atoms with Gasteiger partial charge in [0.05, 0.1) is 24.0 Å². The molecule has 4 nitrogen and oxygen atoms in total. The molecule has 1 aromatic carbocycles. The van der Waals surface area contributed by atoms with E-state index in [9.17, 15) is 0 Å². The Bertz CT molecular complexity index is 715. The van der Waals surface area contributed by atoms with Gasteiger partial charge in [0.2, 0.25) is 0 Å². The van der Waals surface area contributed by atoms with Crippen LogP contribution in [-0.2, 0) is 6.54 Å². The second kappa shape index (κ2) is 4.72. The Balaban J connectivity index is 1.91. The van der Waals surface area contributed by atoms with Crippen LogP contribution < -0.4 is 5.32 Å². The van der Waals surface area contributed by atoms with Crippen molar-refractivity contribution in [2.45, 2.75) is 20.4 Å². The summed E-state index contributed by atoms with van der Waals surface area (Å²) in [6.45, 7) is 4.76. The molecule has 2 N–H and O–H groups in total. The number of benzene rings is 1. The monoisotopic (exact) mass is 252 g/mol. The van der Waals surface area contributed by atoms with E-state index in [0.717, 1.165) is 34.7 Å². The quantitative estimate of drug-likeness (QED) is 0.752. The van der Waals surface area contributed by atoms with Crippen molar-refractivity contribution in [1.29, 1.82) is 0 Å². The maximum atomic E-state index is 4.44. The van der Waals surface area contributed by atoms with Gasteiger partial charge in [0.25, 0.3) is 0 Å². The highest BCUT2D eigenvalue weighted by molar-refractivity contribution is 5.93. The fraction of sp³-hybridized carbons (Fsp3) is 0.200. The van der Waals surface area contributed by atoms with Crippen molar-refractivity contribution in [3.05, 3.63) is 53.7 Å². The first-order valence-electron chi connectivity index (χ1n) is 6.33. The first-order valence-corrected chi connectivity index (χ1v) is 6.33. The summed E-state index contributed by atoms with van der Waals surface area (Å²) in [5, 5.41) is 4.58. The molecular weight excluding hydrogens is 236 g/mol. The Hall–Kier alpha value is -2.36. The molecule has 0 fully saturated rings. The summed E-state index contributed by atoms with van der Waals surface area (Å²) in [6, 6.07) is 8.25. The van der Waals surface area contributed by atoms with Gasteiger partial charge in [0.15, 0.2) is 0 Å². The number of aromatic amines is 1. The second-order valence-electron chi connectivity index (χ2n) is 4.68. The molecule has 0 amide bonds. The van der Waals surface area contributed by atoms with Crippen molar-refractivity contribution in [2.75, 3.05) is 5.32 Å². The number of hydrogen-bond donors (Lipinski definition) is 2. The van der Waals surface area contributed by atoms with Crippen LogP contribution in [0, 0.1) is 13.8 Å². The average molecular weight is 252 g/mol. The molecule has 0 spiro atoms. The highest BCUT2D eigenvalue weighted by Gasteiger charge is 2.04. The number of hydrogen-bond acceptors (Lipinski definition) is 3. The van der Waals surface area contributed by atoms with E-state index >= 15 is 0 Å². The Labute approximate surface area is 111 Å². The predicted molar refractivity (Wildman–Crippen MR) is 77.1 cm³/mol. The Morgan fingerprint density at radius 2 is 2.05 bits per heavy atom. The van der Waals surface area contributed by atoms with Crippen LogP contribution in [0.2, 0.25) is 0 Å². The summed E-state index contributed by atoms with van der Waals surface area (Å²) in [5.74, 6) is 0.937. The lowest BCUT2D eigenvalue weighted by Crippen LogP contribution is -2.01. The number of nitrogens with one attached hydrogen (secondary N) is 2. The molecular formula is C15H16N4. The number of pyridine rings is 1. The van der Waals surface area contributed by atoms with Gasteiger partial charge in [-0.15, -0.1) is 0 Å². The zero-order chi connectivity index (χ0) is 13.2. The summed E-state index contributed by atoms with van der Waals surface area (Å²) in [7, 11) is 0. The number of nitrogens with zero attached hydrogens (tertiary/aromatic N) is 2. The first kappa shape index (κ1) is 11.7. The number of anilines is 1. The maximum absolute atomic E-state index is 4.44. The smallest absolute Gasteiger partial charge is 0.103 e. The van der Waals surface area contributed by atoms with Crippen molar-refractivity contribution in [2.24, 2.45) is 0 Å². The zero-order valence-corrected chi connectivity index (χ0v) is 11.1. The minimum absolute atomic E-state index is 0.730. The van der Waals surface area contributed by atoms with Gasteiger partial charge in [-0.3, -0.25) is 4.98 Å². The third kappa shape index (κ3) is 2.29. The molecule has 0 saturated heterocycles. The highest BCUT2D eigenvalue weighted by atomic mass is 15.0. The molecule has 3 rings (SSSR count). The number of imidazole rings is 1. The van der Waals surface area contributed by atoms with Crippen LogP contribution >= 0.6 is 0 Å². The van der Waals surface area contributed by atoms with Crippen molar-refractivity contribution >= 4 is 16.6 Å². The minimum atomic E-state index is 0.730. The van der Waals surface area contributed by atoms with Crippen LogP contribution in [-0.4, -0.2) is 15.0 Å². The van der Waals surface area contributed by atoms with Gasteiger partial charge in [-0.2, -0.15) is 0 Å². The van der Waals surface area contributed by atoms with E-state index in [4.69, 9.17) is 0 Å². The van der Waals surface area contributed by atoms with Gasteiger partial charge < -0.3 is 10.3 Å². The molecule has 19 heavy (non-hydrogen) atoms. The lowest BCUT2D eigenvalue weighted by atomic mass is 10.1. The Morgan fingerprint density at radius 3 is 2.84 bits per heavy atom. The van der Waals surface area contributed by atoms with E-state index < -0.39 is 0 Å². The molecule has 0 aliphatic carbocycles. The second-order valence-corrected chi connectivity index (χ2v) is 4.68. The van der Waals surface area contributed by atoms with E-state index in [1.165, 1.54) is 5.56 Å². The van der Waals surface area contributed by atoms with Crippen molar-refractivity contribution in [3.8, 4) is 0 Å². The van der Waals surface area contributed by atoms with Crippen LogP contribution in [0.4, 0.5) is 5.69 Å². The summed E-state index contributed by atoms with van der Waals surface area (Å²) in [4.78, 5) is 11.9. The number of aryl methyl sites for hydroxylation is 2. The number of H-pyrrole nitrogens is 1. The fourth-order valence-corrected chi connectivity index (χ4v) is 2.22. The summed E-state index contributed by atoms with van der Waals surface area (Å²) in [5.41, 5.74) is 4.42. The van der Waals surface area contributed by atoms with Gasteiger partial charge in [0, 0.05) is 17.3 Å². The predicted octanol–water partition coefficient (Wildman–Crippen LogP) is 3.19. The van der Waals surface area contributed by atoms with Gasteiger partial charge in [-0.05, 0) is 37.6 Å². The minimum Gasteiger partial charge on any atom is -0.379 e. The van der Waals surface area contributed by atoms with Crippen molar-refractivity contribution in [1.82, 2.24) is 15.0 Å². The number of aromatic nitrogens is 3. The van der Waals surface area contributed by atoms with E-state index in [-0.39, 0.29) is 0 Å². The third-order valence-corrected chi connectivity index (χ3v) is 3.20. The molecule has 0 unspecified atom stereocenters. The molecule has 0 saturated carbocycles. The van der Waals surface area contributed by atoms with Crippen molar-refractivity contribution in [3.63, 3.8) is 0 Å². The first-order chi connectivity index (χ1) is 9.24. The molecule has 2 heterocycles. The molecule has 2 aromatic heterocycles. The zero-order valence-electron chi connectivity index (χ0n) is 11.1. The van der Waals surface area contributed by atoms with Crippen LogP contribution in [0.1, 0.15) is 17.1 Å². The largest absolute Gasteiger partial charge is 0.379 e. The lowest BCUT2D eigenvalue weighted by molar-refractivity contribution is 1.05.